The van der Waals surface area contributed by atoms with Gasteiger partial charge in [-0.05, 0) is 31.5 Å². The Morgan fingerprint density at radius 1 is 1.32 bits per heavy atom. The quantitative estimate of drug-likeness (QED) is 0.856. The second-order valence-electron chi connectivity index (χ2n) is 4.45. The number of nitrogen functional groups attached to an aromatic ring is 1. The molecule has 2 aromatic rings. The van der Waals surface area contributed by atoms with Crippen molar-refractivity contribution in [1.29, 1.82) is 0 Å². The van der Waals surface area contributed by atoms with Crippen molar-refractivity contribution in [2.24, 2.45) is 0 Å². The number of benzene rings is 1. The minimum atomic E-state index is -0.151. The number of amides is 1. The van der Waals surface area contributed by atoms with Crippen LogP contribution in [0.15, 0.2) is 41.0 Å². The zero-order chi connectivity index (χ0) is 13.8. The first-order valence-electron chi connectivity index (χ1n) is 6.35. The van der Waals surface area contributed by atoms with Gasteiger partial charge in [0.15, 0.2) is 5.76 Å². The zero-order valence-corrected chi connectivity index (χ0v) is 11.2. The molecule has 1 amide bonds. The standard InChI is InChI=1S/C15H18N2O2/c1-3-9-17(13-7-5-4-6-12(13)16)15(18)14-11(2)8-10-19-14/h4-8,10H,3,9,16H2,1-2H3. The molecule has 100 valence electrons. The Kier molecular flexibility index (Phi) is 3.90. The van der Waals surface area contributed by atoms with Gasteiger partial charge in [-0.15, -0.1) is 0 Å². The molecule has 0 radical (unpaired) electrons. The van der Waals surface area contributed by atoms with Gasteiger partial charge in [0.05, 0.1) is 17.6 Å². The Bertz CT molecular complexity index is 575. The number of para-hydroxylation sites is 2. The fraction of sp³-hybridized carbons (Fsp3) is 0.267. The van der Waals surface area contributed by atoms with E-state index in [0.29, 0.717) is 18.0 Å². The molecule has 1 heterocycles. The van der Waals surface area contributed by atoms with Gasteiger partial charge in [-0.3, -0.25) is 4.79 Å². The Labute approximate surface area is 112 Å². The molecule has 0 aliphatic heterocycles. The number of hydrogen-bond acceptors (Lipinski definition) is 3. The predicted octanol–water partition coefficient (Wildman–Crippen LogP) is 3.23. The third-order valence-electron chi connectivity index (χ3n) is 2.98. The fourth-order valence-electron chi connectivity index (χ4n) is 2.00. The summed E-state index contributed by atoms with van der Waals surface area (Å²) < 4.78 is 5.28. The lowest BCUT2D eigenvalue weighted by Crippen LogP contribution is -2.32. The van der Waals surface area contributed by atoms with Gasteiger partial charge in [0.25, 0.3) is 5.91 Å². The van der Waals surface area contributed by atoms with E-state index in [-0.39, 0.29) is 5.91 Å². The molecule has 0 aliphatic rings. The van der Waals surface area contributed by atoms with Crippen LogP contribution in [0.3, 0.4) is 0 Å². The smallest absolute Gasteiger partial charge is 0.294 e. The molecule has 2 N–H and O–H groups in total. The summed E-state index contributed by atoms with van der Waals surface area (Å²) in [5.74, 6) is 0.221. The van der Waals surface area contributed by atoms with Crippen LogP contribution in [0.4, 0.5) is 11.4 Å². The number of rotatable bonds is 4. The van der Waals surface area contributed by atoms with E-state index in [0.717, 1.165) is 17.7 Å². The number of carbonyl (C=O) groups is 1. The van der Waals surface area contributed by atoms with Crippen LogP contribution < -0.4 is 10.6 Å². The molecule has 0 bridgehead atoms. The van der Waals surface area contributed by atoms with Gasteiger partial charge in [-0.25, -0.2) is 0 Å². The van der Waals surface area contributed by atoms with Crippen molar-refractivity contribution < 1.29 is 9.21 Å². The van der Waals surface area contributed by atoms with Crippen molar-refractivity contribution in [1.82, 2.24) is 0 Å². The number of nitrogens with zero attached hydrogens (tertiary/aromatic N) is 1. The SMILES string of the molecule is CCCN(C(=O)c1occc1C)c1ccccc1N. The summed E-state index contributed by atoms with van der Waals surface area (Å²) >= 11 is 0. The zero-order valence-electron chi connectivity index (χ0n) is 11.2. The second kappa shape index (κ2) is 5.61. The average Bonchev–Trinajstić information content (AvgIpc) is 2.82. The number of aryl methyl sites for hydroxylation is 1. The Balaban J connectivity index is 2.39. The summed E-state index contributed by atoms with van der Waals surface area (Å²) in [6.07, 6.45) is 2.38. The van der Waals surface area contributed by atoms with E-state index in [4.69, 9.17) is 10.2 Å². The van der Waals surface area contributed by atoms with Crippen LogP contribution in [0.1, 0.15) is 29.5 Å². The summed E-state index contributed by atoms with van der Waals surface area (Å²) in [7, 11) is 0. The highest BCUT2D eigenvalue weighted by molar-refractivity contribution is 6.06. The summed E-state index contributed by atoms with van der Waals surface area (Å²) in [5, 5.41) is 0. The fourth-order valence-corrected chi connectivity index (χ4v) is 2.00. The average molecular weight is 258 g/mol. The van der Waals surface area contributed by atoms with Crippen molar-refractivity contribution in [3.63, 3.8) is 0 Å². The van der Waals surface area contributed by atoms with E-state index < -0.39 is 0 Å². The van der Waals surface area contributed by atoms with Crippen LogP contribution in [0, 0.1) is 6.92 Å². The maximum atomic E-state index is 12.5. The number of hydrogen-bond donors (Lipinski definition) is 1. The minimum Gasteiger partial charge on any atom is -0.459 e. The molecule has 0 saturated heterocycles. The second-order valence-corrected chi connectivity index (χ2v) is 4.45. The first-order chi connectivity index (χ1) is 9.15. The molecule has 0 unspecified atom stereocenters. The third-order valence-corrected chi connectivity index (χ3v) is 2.98. The number of carbonyl (C=O) groups excluding carboxylic acids is 1. The van der Waals surface area contributed by atoms with Crippen molar-refractivity contribution in [2.45, 2.75) is 20.3 Å². The van der Waals surface area contributed by atoms with Gasteiger partial charge in [0.2, 0.25) is 0 Å². The maximum absolute atomic E-state index is 12.5. The van der Waals surface area contributed by atoms with Crippen molar-refractivity contribution in [3.05, 3.63) is 47.9 Å². The van der Waals surface area contributed by atoms with E-state index in [1.165, 1.54) is 6.26 Å². The maximum Gasteiger partial charge on any atom is 0.294 e. The Morgan fingerprint density at radius 3 is 2.63 bits per heavy atom. The highest BCUT2D eigenvalue weighted by Crippen LogP contribution is 2.25. The molecular formula is C15H18N2O2. The van der Waals surface area contributed by atoms with Crippen molar-refractivity contribution in [2.75, 3.05) is 17.2 Å². The van der Waals surface area contributed by atoms with Gasteiger partial charge in [0, 0.05) is 12.1 Å². The van der Waals surface area contributed by atoms with E-state index in [9.17, 15) is 4.79 Å². The number of nitrogens with two attached hydrogens (primary N) is 1. The lowest BCUT2D eigenvalue weighted by Gasteiger charge is -2.23. The minimum absolute atomic E-state index is 0.151. The summed E-state index contributed by atoms with van der Waals surface area (Å²) in [6, 6.07) is 9.15. The van der Waals surface area contributed by atoms with E-state index in [2.05, 4.69) is 0 Å². The Hall–Kier alpha value is -2.23. The first-order valence-corrected chi connectivity index (χ1v) is 6.35. The molecule has 0 fully saturated rings. The molecule has 4 heteroatoms. The lowest BCUT2D eigenvalue weighted by molar-refractivity contribution is 0.0959. The van der Waals surface area contributed by atoms with E-state index >= 15 is 0 Å². The van der Waals surface area contributed by atoms with Crippen LogP contribution in [-0.4, -0.2) is 12.5 Å². The van der Waals surface area contributed by atoms with Gasteiger partial charge >= 0.3 is 0 Å². The van der Waals surface area contributed by atoms with Crippen LogP contribution in [-0.2, 0) is 0 Å². The molecule has 0 spiro atoms. The molecular weight excluding hydrogens is 240 g/mol. The Morgan fingerprint density at radius 2 is 2.05 bits per heavy atom. The number of anilines is 2. The molecule has 1 aromatic heterocycles. The highest BCUT2D eigenvalue weighted by atomic mass is 16.3. The van der Waals surface area contributed by atoms with Gasteiger partial charge < -0.3 is 15.1 Å². The largest absolute Gasteiger partial charge is 0.459 e. The topological polar surface area (TPSA) is 59.5 Å². The third kappa shape index (κ3) is 2.62. The summed E-state index contributed by atoms with van der Waals surface area (Å²) in [6.45, 7) is 4.48. The molecule has 0 saturated carbocycles. The van der Waals surface area contributed by atoms with Gasteiger partial charge in [-0.1, -0.05) is 19.1 Å². The molecule has 0 atom stereocenters. The molecule has 1 aromatic carbocycles. The normalized spacial score (nSPS) is 10.4. The van der Waals surface area contributed by atoms with Gasteiger partial charge in [-0.2, -0.15) is 0 Å². The molecule has 0 aliphatic carbocycles. The highest BCUT2D eigenvalue weighted by Gasteiger charge is 2.22. The lowest BCUT2D eigenvalue weighted by atomic mass is 10.2. The van der Waals surface area contributed by atoms with E-state index in [1.54, 1.807) is 17.0 Å². The van der Waals surface area contributed by atoms with Gasteiger partial charge in [0.1, 0.15) is 0 Å². The summed E-state index contributed by atoms with van der Waals surface area (Å²) in [4.78, 5) is 14.2. The van der Waals surface area contributed by atoms with Crippen LogP contribution in [0.2, 0.25) is 0 Å². The monoisotopic (exact) mass is 258 g/mol. The van der Waals surface area contributed by atoms with Crippen molar-refractivity contribution in [3.8, 4) is 0 Å². The molecule has 19 heavy (non-hydrogen) atoms. The molecule has 2 rings (SSSR count). The number of furan rings is 1. The van der Waals surface area contributed by atoms with Crippen LogP contribution in [0.5, 0.6) is 0 Å². The first kappa shape index (κ1) is 13.2. The van der Waals surface area contributed by atoms with Crippen molar-refractivity contribution >= 4 is 17.3 Å². The summed E-state index contributed by atoms with van der Waals surface area (Å²) in [5.41, 5.74) is 8.11. The van der Waals surface area contributed by atoms with Crippen LogP contribution in [0.25, 0.3) is 0 Å². The predicted molar refractivity (Wildman–Crippen MR) is 76.3 cm³/mol. The molecule has 4 nitrogen and oxygen atoms in total. The van der Waals surface area contributed by atoms with E-state index in [1.807, 2.05) is 32.0 Å². The van der Waals surface area contributed by atoms with Crippen LogP contribution >= 0.6 is 0 Å².